The summed E-state index contributed by atoms with van der Waals surface area (Å²) in [7, 11) is 1.39. The molecule has 4 rings (SSSR count). The Labute approximate surface area is 154 Å². The molecule has 0 bridgehead atoms. The molecule has 0 aromatic carbocycles. The van der Waals surface area contributed by atoms with Crippen molar-refractivity contribution in [1.82, 2.24) is 19.6 Å². The van der Waals surface area contributed by atoms with E-state index in [2.05, 4.69) is 24.0 Å². The molecule has 0 saturated heterocycles. The molecule has 0 amide bonds. The molecule has 0 N–H and O–H groups in total. The second-order valence-corrected chi connectivity index (χ2v) is 8.45. The fraction of sp³-hybridized carbons (Fsp3) is 0.529. The normalized spacial score (nSPS) is 17.2. The first kappa shape index (κ1) is 16.8. The quantitative estimate of drug-likeness (QED) is 0.514. The van der Waals surface area contributed by atoms with E-state index in [1.807, 2.05) is 4.40 Å². The maximum atomic E-state index is 11.5. The van der Waals surface area contributed by atoms with Gasteiger partial charge in [-0.05, 0) is 30.7 Å². The standard InChI is InChI=1S/C17H20N4O2S2/c1-4-12-18-16-14(10-6-5-9(2)7-11(10)25-16)15-19-20-17(21(12)15)24-8-13(22)23-3/h9H,4-8H2,1-3H3. The number of carbonyl (C=O) groups excluding carboxylic acids is 1. The minimum Gasteiger partial charge on any atom is -0.468 e. The molecule has 0 saturated carbocycles. The molecular weight excluding hydrogens is 356 g/mol. The van der Waals surface area contributed by atoms with Crippen molar-refractivity contribution >= 4 is 44.9 Å². The van der Waals surface area contributed by atoms with Gasteiger partial charge in [-0.25, -0.2) is 4.98 Å². The number of thiophene rings is 1. The number of carbonyl (C=O) groups is 1. The van der Waals surface area contributed by atoms with E-state index in [-0.39, 0.29) is 11.7 Å². The molecule has 3 aromatic heterocycles. The van der Waals surface area contributed by atoms with Crippen LogP contribution in [-0.2, 0) is 28.8 Å². The van der Waals surface area contributed by atoms with Crippen molar-refractivity contribution in [3.8, 4) is 0 Å². The number of aromatic nitrogens is 4. The molecule has 1 unspecified atom stereocenters. The number of hydrogen-bond acceptors (Lipinski definition) is 7. The summed E-state index contributed by atoms with van der Waals surface area (Å²) >= 11 is 3.15. The van der Waals surface area contributed by atoms with Crippen LogP contribution >= 0.6 is 23.1 Å². The predicted octanol–water partition coefficient (Wildman–Crippen LogP) is 3.29. The van der Waals surface area contributed by atoms with Gasteiger partial charge >= 0.3 is 5.97 Å². The van der Waals surface area contributed by atoms with Gasteiger partial charge in [0.05, 0.1) is 18.2 Å². The number of aryl methyl sites for hydroxylation is 2. The molecule has 0 fully saturated rings. The Hall–Kier alpha value is -1.67. The number of nitrogens with zero attached hydrogens (tertiary/aromatic N) is 4. The van der Waals surface area contributed by atoms with Crippen LogP contribution in [0, 0.1) is 5.92 Å². The summed E-state index contributed by atoms with van der Waals surface area (Å²) in [5.41, 5.74) is 2.27. The highest BCUT2D eigenvalue weighted by Crippen LogP contribution is 2.39. The largest absolute Gasteiger partial charge is 0.468 e. The molecule has 0 radical (unpaired) electrons. The maximum absolute atomic E-state index is 11.5. The van der Waals surface area contributed by atoms with Gasteiger partial charge in [0.2, 0.25) is 0 Å². The molecule has 132 valence electrons. The van der Waals surface area contributed by atoms with Crippen molar-refractivity contribution < 1.29 is 9.53 Å². The van der Waals surface area contributed by atoms with Gasteiger partial charge in [0, 0.05) is 11.3 Å². The third-order valence-electron chi connectivity index (χ3n) is 4.70. The van der Waals surface area contributed by atoms with Crippen molar-refractivity contribution in [3.05, 3.63) is 16.3 Å². The average Bonchev–Trinajstić information content (AvgIpc) is 3.18. The first-order valence-electron chi connectivity index (χ1n) is 8.50. The number of thioether (sulfide) groups is 1. The number of fused-ring (bicyclic) bond motifs is 5. The Morgan fingerprint density at radius 3 is 3.04 bits per heavy atom. The van der Waals surface area contributed by atoms with E-state index in [0.29, 0.717) is 5.16 Å². The number of rotatable bonds is 4. The average molecular weight is 377 g/mol. The van der Waals surface area contributed by atoms with Crippen LogP contribution in [0.5, 0.6) is 0 Å². The summed E-state index contributed by atoms with van der Waals surface area (Å²) in [5.74, 6) is 1.62. The molecule has 3 heterocycles. The van der Waals surface area contributed by atoms with Crippen LogP contribution in [0.2, 0.25) is 0 Å². The first-order valence-corrected chi connectivity index (χ1v) is 10.3. The molecule has 0 aliphatic heterocycles. The minimum atomic E-state index is -0.268. The van der Waals surface area contributed by atoms with Crippen LogP contribution in [0.15, 0.2) is 5.16 Å². The van der Waals surface area contributed by atoms with E-state index in [1.165, 1.54) is 35.7 Å². The van der Waals surface area contributed by atoms with Crippen molar-refractivity contribution in [2.75, 3.05) is 12.9 Å². The topological polar surface area (TPSA) is 69.4 Å². The van der Waals surface area contributed by atoms with Crippen molar-refractivity contribution in [2.24, 2.45) is 5.92 Å². The van der Waals surface area contributed by atoms with E-state index in [0.717, 1.165) is 46.9 Å². The van der Waals surface area contributed by atoms with Gasteiger partial charge in [0.1, 0.15) is 10.7 Å². The Morgan fingerprint density at radius 1 is 1.44 bits per heavy atom. The predicted molar refractivity (Wildman–Crippen MR) is 99.5 cm³/mol. The molecular formula is C17H20N4O2S2. The second-order valence-electron chi connectivity index (χ2n) is 6.42. The molecule has 1 aliphatic carbocycles. The summed E-state index contributed by atoms with van der Waals surface area (Å²) < 4.78 is 6.74. The van der Waals surface area contributed by atoms with E-state index in [4.69, 9.17) is 9.72 Å². The lowest BCUT2D eigenvalue weighted by Crippen LogP contribution is -2.09. The fourth-order valence-electron chi connectivity index (χ4n) is 3.39. The Bertz CT molecular complexity index is 963. The van der Waals surface area contributed by atoms with Crippen LogP contribution in [0.3, 0.4) is 0 Å². The first-order chi connectivity index (χ1) is 12.1. The van der Waals surface area contributed by atoms with Gasteiger partial charge in [0.15, 0.2) is 10.8 Å². The van der Waals surface area contributed by atoms with Crippen molar-refractivity contribution in [1.29, 1.82) is 0 Å². The highest BCUT2D eigenvalue weighted by molar-refractivity contribution is 7.99. The molecule has 6 nitrogen and oxygen atoms in total. The summed E-state index contributed by atoms with van der Waals surface area (Å²) in [6.07, 6.45) is 4.20. The summed E-state index contributed by atoms with van der Waals surface area (Å²) in [5, 5.41) is 10.7. The highest BCUT2D eigenvalue weighted by Gasteiger charge is 2.25. The third kappa shape index (κ3) is 2.81. The molecule has 25 heavy (non-hydrogen) atoms. The SMILES string of the molecule is CCc1nc2sc3c(c2c2nnc(SCC(=O)OC)n12)CCC(C)C3. The zero-order valence-corrected chi connectivity index (χ0v) is 16.2. The van der Waals surface area contributed by atoms with Crippen LogP contribution in [0.4, 0.5) is 0 Å². The maximum Gasteiger partial charge on any atom is 0.316 e. The smallest absolute Gasteiger partial charge is 0.316 e. The number of ether oxygens (including phenoxy) is 1. The van der Waals surface area contributed by atoms with Gasteiger partial charge < -0.3 is 4.74 Å². The summed E-state index contributed by atoms with van der Waals surface area (Å²) in [6.45, 7) is 4.39. The van der Waals surface area contributed by atoms with E-state index >= 15 is 0 Å². The second kappa shape index (κ2) is 6.57. The zero-order chi connectivity index (χ0) is 17.6. The number of methoxy groups -OCH3 is 1. The van der Waals surface area contributed by atoms with Gasteiger partial charge in [-0.1, -0.05) is 25.6 Å². The highest BCUT2D eigenvalue weighted by atomic mass is 32.2. The van der Waals surface area contributed by atoms with E-state index in [1.54, 1.807) is 11.3 Å². The lowest BCUT2D eigenvalue weighted by molar-refractivity contribution is -0.137. The number of hydrogen-bond donors (Lipinski definition) is 0. The lowest BCUT2D eigenvalue weighted by atomic mass is 9.89. The minimum absolute atomic E-state index is 0.220. The summed E-state index contributed by atoms with van der Waals surface area (Å²) in [6, 6.07) is 0. The van der Waals surface area contributed by atoms with E-state index in [9.17, 15) is 4.79 Å². The Balaban J connectivity index is 1.88. The van der Waals surface area contributed by atoms with Crippen LogP contribution in [0.25, 0.3) is 15.9 Å². The van der Waals surface area contributed by atoms with Crippen LogP contribution < -0.4 is 0 Å². The Morgan fingerprint density at radius 2 is 2.28 bits per heavy atom. The van der Waals surface area contributed by atoms with Crippen molar-refractivity contribution in [3.63, 3.8) is 0 Å². The van der Waals surface area contributed by atoms with Crippen LogP contribution in [0.1, 0.15) is 36.5 Å². The van der Waals surface area contributed by atoms with E-state index < -0.39 is 0 Å². The molecule has 0 spiro atoms. The Kier molecular flexibility index (Phi) is 4.41. The van der Waals surface area contributed by atoms with Crippen molar-refractivity contribution in [2.45, 2.75) is 44.7 Å². The van der Waals surface area contributed by atoms with Gasteiger partial charge in [0.25, 0.3) is 0 Å². The van der Waals surface area contributed by atoms with Crippen LogP contribution in [-0.4, -0.2) is 38.4 Å². The van der Waals surface area contributed by atoms with Gasteiger partial charge in [-0.2, -0.15) is 0 Å². The monoisotopic (exact) mass is 376 g/mol. The molecule has 3 aromatic rings. The zero-order valence-electron chi connectivity index (χ0n) is 14.5. The summed E-state index contributed by atoms with van der Waals surface area (Å²) in [4.78, 5) is 18.9. The molecule has 8 heteroatoms. The van der Waals surface area contributed by atoms with Gasteiger partial charge in [-0.15, -0.1) is 21.5 Å². The van der Waals surface area contributed by atoms with Gasteiger partial charge in [-0.3, -0.25) is 9.20 Å². The fourth-order valence-corrected chi connectivity index (χ4v) is 5.57. The lowest BCUT2D eigenvalue weighted by Gasteiger charge is -2.17. The molecule has 1 atom stereocenters. The molecule has 1 aliphatic rings. The third-order valence-corrected chi connectivity index (χ3v) is 6.75. The number of esters is 1.